The quantitative estimate of drug-likeness (QED) is 0.286. The molecule has 0 radical (unpaired) electrons. The van der Waals surface area contributed by atoms with Gasteiger partial charge in [-0.3, -0.25) is 4.98 Å². The summed E-state index contributed by atoms with van der Waals surface area (Å²) in [5, 5.41) is 21.4. The smallest absolute Gasteiger partial charge is 0.475 e. The Balaban J connectivity index is 0.000000421. The van der Waals surface area contributed by atoms with Crippen molar-refractivity contribution in [2.24, 2.45) is 5.73 Å². The van der Waals surface area contributed by atoms with Gasteiger partial charge in [-0.05, 0) is 12.1 Å². The van der Waals surface area contributed by atoms with Crippen molar-refractivity contribution in [3.63, 3.8) is 0 Å². The number of aromatic nitrogens is 5. The molecule has 4 rings (SSSR count). The van der Waals surface area contributed by atoms with E-state index in [1.54, 1.807) is 6.20 Å². The van der Waals surface area contributed by atoms with Crippen molar-refractivity contribution in [3.8, 4) is 17.1 Å². The number of carboxylic acids is 2. The summed E-state index contributed by atoms with van der Waals surface area (Å²) < 4.78 is 91.1. The maximum absolute atomic E-state index is 12.8. The maximum atomic E-state index is 12.8. The van der Waals surface area contributed by atoms with E-state index in [0.717, 1.165) is 46.7 Å². The number of nitrogens with zero attached hydrogens (tertiary/aromatic N) is 6. The molecule has 1 aromatic carbocycles. The van der Waals surface area contributed by atoms with E-state index in [4.69, 9.17) is 25.5 Å². The van der Waals surface area contributed by atoms with Gasteiger partial charge in [0.25, 0.3) is 6.08 Å². The van der Waals surface area contributed by atoms with Crippen molar-refractivity contribution in [2.45, 2.75) is 18.9 Å². The molecule has 5 N–H and O–H groups in total. The Kier molecular flexibility index (Phi) is 12.7. The molecule has 3 aromatic rings. The van der Waals surface area contributed by atoms with E-state index in [1.807, 2.05) is 12.1 Å². The summed E-state index contributed by atoms with van der Waals surface area (Å²) in [4.78, 5) is 41.3. The first kappa shape index (κ1) is 36.3. The van der Waals surface area contributed by atoms with Crippen molar-refractivity contribution in [1.82, 2.24) is 29.6 Å². The summed E-state index contributed by atoms with van der Waals surface area (Å²) in [6.07, 6.45) is -7.84. The number of aliphatic carboxylic acids is 2. The minimum atomic E-state index is -5.08. The van der Waals surface area contributed by atoms with Crippen LogP contribution in [0.15, 0.2) is 59.4 Å². The van der Waals surface area contributed by atoms with Gasteiger partial charge in [0.1, 0.15) is 6.33 Å². The summed E-state index contributed by atoms with van der Waals surface area (Å²) >= 11 is 0. The van der Waals surface area contributed by atoms with Gasteiger partial charge in [-0.25, -0.2) is 28.6 Å². The molecular weight excluding hydrogens is 632 g/mol. The molecule has 246 valence electrons. The molecular formula is C24H24F8N8O5. The van der Waals surface area contributed by atoms with Gasteiger partial charge in [0, 0.05) is 49.5 Å². The van der Waals surface area contributed by atoms with Crippen molar-refractivity contribution >= 4 is 17.6 Å². The Morgan fingerprint density at radius 1 is 0.911 bits per heavy atom. The highest BCUT2D eigenvalue weighted by Crippen LogP contribution is 2.22. The lowest BCUT2D eigenvalue weighted by atomic mass is 10.1. The van der Waals surface area contributed by atoms with Crippen LogP contribution in [0.25, 0.3) is 17.1 Å². The highest BCUT2D eigenvalue weighted by molar-refractivity contribution is 5.73. The van der Waals surface area contributed by atoms with Crippen LogP contribution in [0.3, 0.4) is 0 Å². The summed E-state index contributed by atoms with van der Waals surface area (Å²) in [5.74, 6) is -5.27. The summed E-state index contributed by atoms with van der Waals surface area (Å²) in [6.45, 7) is 3.14. The van der Waals surface area contributed by atoms with Gasteiger partial charge in [-0.2, -0.15) is 40.2 Å². The minimum Gasteiger partial charge on any atom is -0.475 e. The van der Waals surface area contributed by atoms with Gasteiger partial charge in [0.05, 0.1) is 24.6 Å². The first-order valence-electron chi connectivity index (χ1n) is 12.3. The molecule has 1 saturated heterocycles. The van der Waals surface area contributed by atoms with Gasteiger partial charge in [-0.15, -0.1) is 0 Å². The van der Waals surface area contributed by atoms with Crippen molar-refractivity contribution in [3.05, 3.63) is 65.1 Å². The van der Waals surface area contributed by atoms with Crippen molar-refractivity contribution in [2.75, 3.05) is 37.6 Å². The molecule has 0 spiro atoms. The van der Waals surface area contributed by atoms with Crippen LogP contribution in [0.4, 0.5) is 40.8 Å². The fraction of sp³-hybridized carbons (Fsp3) is 0.333. The molecule has 0 saturated carbocycles. The molecule has 3 heterocycles. The Bertz CT molecular complexity index is 1490. The van der Waals surface area contributed by atoms with E-state index >= 15 is 0 Å². The van der Waals surface area contributed by atoms with Crippen LogP contribution >= 0.6 is 0 Å². The monoisotopic (exact) mass is 656 g/mol. The number of hydrogen-bond acceptors (Lipinski definition) is 9. The molecule has 0 bridgehead atoms. The van der Waals surface area contributed by atoms with Gasteiger partial charge in [0.15, 0.2) is 5.82 Å². The van der Waals surface area contributed by atoms with E-state index in [2.05, 4.69) is 37.4 Å². The number of carbonyl (C=O) groups is 2. The third-order valence-electron chi connectivity index (χ3n) is 5.60. The zero-order valence-electron chi connectivity index (χ0n) is 22.7. The molecule has 21 heteroatoms. The fourth-order valence-corrected chi connectivity index (χ4v) is 3.35. The van der Waals surface area contributed by atoms with Crippen molar-refractivity contribution < 1.29 is 54.9 Å². The largest absolute Gasteiger partial charge is 0.490 e. The second-order valence-electron chi connectivity index (χ2n) is 8.66. The number of alkyl halides is 6. The van der Waals surface area contributed by atoms with E-state index in [1.165, 1.54) is 12.5 Å². The van der Waals surface area contributed by atoms with Gasteiger partial charge in [-0.1, -0.05) is 12.1 Å². The average Bonchev–Trinajstić information content (AvgIpc) is 3.35. The van der Waals surface area contributed by atoms with E-state index in [0.29, 0.717) is 5.69 Å². The standard InChI is InChI=1S/C20H22F2N8O.2C2HF3O2/c21-19(22)15(9-23)12-30-20(31)29(13-27-30)18-11-25-17(10-26-18)14-1-3-16(4-2-14)28-7-5-24-6-8-28;2*3-2(4,5)1(6)7/h1-4,10-11,13,24H,5-9,12,23H2;2*(H,6,7). The van der Waals surface area contributed by atoms with Gasteiger partial charge in [0.2, 0.25) is 0 Å². The van der Waals surface area contributed by atoms with Crippen LogP contribution in [0.5, 0.6) is 0 Å². The predicted molar refractivity (Wildman–Crippen MR) is 140 cm³/mol. The van der Waals surface area contributed by atoms with Crippen LogP contribution in [-0.2, 0) is 16.1 Å². The molecule has 1 aliphatic heterocycles. The number of nitrogens with two attached hydrogens (primary N) is 1. The lowest BCUT2D eigenvalue weighted by Gasteiger charge is -2.29. The molecule has 13 nitrogen and oxygen atoms in total. The SMILES string of the molecule is NCC(Cn1ncn(-c2cnc(-c3ccc(N4CCNCC4)cc3)cn2)c1=O)=C(F)F.O=C(O)C(F)(F)F.O=C(O)C(F)(F)F. The van der Waals surface area contributed by atoms with Crippen LogP contribution in [0.2, 0.25) is 0 Å². The molecule has 0 atom stereocenters. The second-order valence-corrected chi connectivity index (χ2v) is 8.66. The van der Waals surface area contributed by atoms with E-state index in [9.17, 15) is 39.9 Å². The Morgan fingerprint density at radius 3 is 1.87 bits per heavy atom. The number of hydrogen-bond donors (Lipinski definition) is 4. The van der Waals surface area contributed by atoms with Crippen LogP contribution in [-0.4, -0.2) is 91.5 Å². The Labute approximate surface area is 247 Å². The number of anilines is 1. The number of rotatable bonds is 6. The molecule has 1 fully saturated rings. The molecule has 1 aliphatic rings. The van der Waals surface area contributed by atoms with Crippen LogP contribution in [0, 0.1) is 0 Å². The fourth-order valence-electron chi connectivity index (χ4n) is 3.35. The highest BCUT2D eigenvalue weighted by atomic mass is 19.4. The topological polar surface area (TPSA) is 181 Å². The number of nitrogens with one attached hydrogen (secondary N) is 1. The normalized spacial score (nSPS) is 13.1. The van der Waals surface area contributed by atoms with E-state index in [-0.39, 0.29) is 24.5 Å². The van der Waals surface area contributed by atoms with Gasteiger partial charge >= 0.3 is 30.0 Å². The molecule has 0 unspecified atom stereocenters. The number of carboxylic acid groups (broad SMARTS) is 2. The maximum Gasteiger partial charge on any atom is 0.490 e. The van der Waals surface area contributed by atoms with E-state index < -0.39 is 36.1 Å². The van der Waals surface area contributed by atoms with Crippen molar-refractivity contribution in [1.29, 1.82) is 0 Å². The second kappa shape index (κ2) is 15.7. The number of halogens is 8. The third-order valence-corrected chi connectivity index (χ3v) is 5.60. The lowest BCUT2D eigenvalue weighted by molar-refractivity contribution is -0.193. The number of benzene rings is 1. The zero-order chi connectivity index (χ0) is 33.9. The predicted octanol–water partition coefficient (Wildman–Crippen LogP) is 2.28. The summed E-state index contributed by atoms with van der Waals surface area (Å²) in [5.41, 5.74) is 7.06. The molecule has 2 aromatic heterocycles. The van der Waals surface area contributed by atoms with Gasteiger partial charge < -0.3 is 26.2 Å². The lowest BCUT2D eigenvalue weighted by Crippen LogP contribution is -2.43. The highest BCUT2D eigenvalue weighted by Gasteiger charge is 2.38. The molecule has 0 aliphatic carbocycles. The first-order valence-corrected chi connectivity index (χ1v) is 12.3. The Hall–Kier alpha value is -4.92. The Morgan fingerprint density at radius 2 is 1.44 bits per heavy atom. The first-order chi connectivity index (χ1) is 20.9. The average molecular weight is 656 g/mol. The molecule has 45 heavy (non-hydrogen) atoms. The minimum absolute atomic E-state index is 0.247. The third kappa shape index (κ3) is 10.9. The molecule has 0 amide bonds. The van der Waals surface area contributed by atoms with Crippen LogP contribution < -0.4 is 21.6 Å². The summed E-state index contributed by atoms with van der Waals surface area (Å²) in [6, 6.07) is 8.07. The van der Waals surface area contributed by atoms with Crippen LogP contribution in [0.1, 0.15) is 0 Å². The number of piperazine rings is 1. The zero-order valence-corrected chi connectivity index (χ0v) is 22.7. The summed E-state index contributed by atoms with van der Waals surface area (Å²) in [7, 11) is 0.